The third kappa shape index (κ3) is 7.80. The van der Waals surface area contributed by atoms with E-state index in [1.54, 1.807) is 6.20 Å². The highest BCUT2D eigenvalue weighted by atomic mass is 28.4. The zero-order valence-corrected chi connectivity index (χ0v) is 23.1. The van der Waals surface area contributed by atoms with Crippen LogP contribution in [0.1, 0.15) is 36.6 Å². The molecule has 3 heterocycles. The van der Waals surface area contributed by atoms with E-state index < -0.39 is 8.32 Å². The Balaban J connectivity index is 1.17. The van der Waals surface area contributed by atoms with Crippen LogP contribution in [0.5, 0.6) is 0 Å². The lowest BCUT2D eigenvalue weighted by Crippen LogP contribution is -2.29. The van der Waals surface area contributed by atoms with Crippen LogP contribution in [0.2, 0.25) is 19.1 Å². The van der Waals surface area contributed by atoms with E-state index in [4.69, 9.17) is 16.2 Å². The molecule has 1 aliphatic heterocycles. The normalized spacial score (nSPS) is 16.9. The topological polar surface area (TPSA) is 181 Å². The molecule has 1 fully saturated rings. The number of carbonyl (C=O) groups is 1. The summed E-state index contributed by atoms with van der Waals surface area (Å²) in [6.45, 7) is 5.69. The van der Waals surface area contributed by atoms with Crippen LogP contribution in [0.15, 0.2) is 30.5 Å². The molecule has 4 rings (SSSR count). The monoisotopic (exact) mass is 539 g/mol. The number of ether oxygens (including phenoxy) is 1. The first-order valence-corrected chi connectivity index (χ1v) is 16.0. The van der Waals surface area contributed by atoms with E-state index in [1.165, 1.54) is 0 Å². The number of anilines is 3. The van der Waals surface area contributed by atoms with Gasteiger partial charge in [-0.25, -0.2) is 9.97 Å². The minimum absolute atomic E-state index is 0.0101. The molecular formula is C25H37N9O3Si. The second-order valence-electron chi connectivity index (χ2n) is 10.2. The number of fused-ring (bicyclic) bond motifs is 1. The lowest BCUT2D eigenvalue weighted by atomic mass is 10.1. The molecule has 7 N–H and O–H groups in total. The SMILES string of the molecule is CN(Cc1cnc2nc(N)nc(N)c2n1)c1ccc(C2OC2NCCCC(=O)NCCC[Si](C)(C)O)cc1. The fourth-order valence-corrected chi connectivity index (χ4v) is 5.21. The van der Waals surface area contributed by atoms with Gasteiger partial charge < -0.3 is 31.2 Å². The molecule has 0 spiro atoms. The van der Waals surface area contributed by atoms with Crippen molar-refractivity contribution in [1.82, 2.24) is 30.6 Å². The molecular weight excluding hydrogens is 502 g/mol. The minimum Gasteiger partial charge on any atom is -0.432 e. The van der Waals surface area contributed by atoms with Gasteiger partial charge in [0.15, 0.2) is 25.3 Å². The van der Waals surface area contributed by atoms with E-state index in [1.807, 2.05) is 32.3 Å². The summed E-state index contributed by atoms with van der Waals surface area (Å²) >= 11 is 0. The molecule has 0 bridgehead atoms. The number of nitrogens with two attached hydrogens (primary N) is 2. The third-order valence-electron chi connectivity index (χ3n) is 6.27. The number of hydrogen-bond donors (Lipinski definition) is 5. The van der Waals surface area contributed by atoms with E-state index in [2.05, 4.69) is 47.6 Å². The second-order valence-corrected chi connectivity index (χ2v) is 14.4. The summed E-state index contributed by atoms with van der Waals surface area (Å²) in [5, 5.41) is 6.28. The average Bonchev–Trinajstić information content (AvgIpc) is 3.64. The van der Waals surface area contributed by atoms with Crippen LogP contribution in [0.4, 0.5) is 17.5 Å². The predicted octanol–water partition coefficient (Wildman–Crippen LogP) is 1.69. The van der Waals surface area contributed by atoms with Crippen molar-refractivity contribution in [2.75, 3.05) is 36.5 Å². The van der Waals surface area contributed by atoms with Crippen LogP contribution in [0, 0.1) is 0 Å². The number of benzene rings is 1. The number of amides is 1. The van der Waals surface area contributed by atoms with Crippen LogP contribution in [-0.2, 0) is 16.1 Å². The number of nitrogens with zero attached hydrogens (tertiary/aromatic N) is 5. The second kappa shape index (κ2) is 12.0. The van der Waals surface area contributed by atoms with Gasteiger partial charge >= 0.3 is 0 Å². The first-order chi connectivity index (χ1) is 18.1. The Morgan fingerprint density at radius 1 is 1.13 bits per heavy atom. The molecule has 38 heavy (non-hydrogen) atoms. The number of hydrogen-bond acceptors (Lipinski definition) is 11. The van der Waals surface area contributed by atoms with Crippen molar-refractivity contribution in [3.8, 4) is 0 Å². The Bertz CT molecular complexity index is 1250. The number of epoxide rings is 1. The fourth-order valence-electron chi connectivity index (χ4n) is 4.16. The van der Waals surface area contributed by atoms with E-state index in [9.17, 15) is 9.59 Å². The van der Waals surface area contributed by atoms with Gasteiger partial charge in [0.1, 0.15) is 12.3 Å². The van der Waals surface area contributed by atoms with Crippen molar-refractivity contribution >= 4 is 42.8 Å². The summed E-state index contributed by atoms with van der Waals surface area (Å²) in [5.74, 6) is 0.336. The highest BCUT2D eigenvalue weighted by molar-refractivity contribution is 6.69. The van der Waals surface area contributed by atoms with Gasteiger partial charge in [0, 0.05) is 25.7 Å². The van der Waals surface area contributed by atoms with Crippen molar-refractivity contribution in [2.24, 2.45) is 0 Å². The Kier molecular flexibility index (Phi) is 8.71. The summed E-state index contributed by atoms with van der Waals surface area (Å²) in [4.78, 5) is 40.7. The molecule has 13 heteroatoms. The summed E-state index contributed by atoms with van der Waals surface area (Å²) < 4.78 is 5.78. The molecule has 1 amide bonds. The van der Waals surface area contributed by atoms with E-state index in [0.29, 0.717) is 37.2 Å². The van der Waals surface area contributed by atoms with E-state index in [0.717, 1.165) is 35.8 Å². The molecule has 0 radical (unpaired) electrons. The van der Waals surface area contributed by atoms with E-state index >= 15 is 0 Å². The maximum Gasteiger partial charge on any atom is 0.224 e. The van der Waals surface area contributed by atoms with Crippen molar-refractivity contribution in [2.45, 2.75) is 57.3 Å². The maximum atomic E-state index is 12.0. The molecule has 2 aromatic heterocycles. The highest BCUT2D eigenvalue weighted by Gasteiger charge is 2.39. The fraction of sp³-hybridized carbons (Fsp3) is 0.480. The summed E-state index contributed by atoms with van der Waals surface area (Å²) in [6, 6.07) is 9.01. The van der Waals surface area contributed by atoms with Gasteiger partial charge in [-0.2, -0.15) is 9.97 Å². The van der Waals surface area contributed by atoms with Crippen LogP contribution in [-0.4, -0.2) is 65.3 Å². The molecule has 0 saturated carbocycles. The van der Waals surface area contributed by atoms with Gasteiger partial charge in [0.2, 0.25) is 11.9 Å². The molecule has 12 nitrogen and oxygen atoms in total. The number of nitrogens with one attached hydrogen (secondary N) is 2. The molecule has 3 aromatic rings. The van der Waals surface area contributed by atoms with Crippen LogP contribution < -0.4 is 27.0 Å². The molecule has 1 aromatic carbocycles. The van der Waals surface area contributed by atoms with Crippen molar-refractivity contribution in [1.29, 1.82) is 0 Å². The molecule has 1 aliphatic rings. The predicted molar refractivity (Wildman–Crippen MR) is 149 cm³/mol. The van der Waals surface area contributed by atoms with Crippen LogP contribution in [0.3, 0.4) is 0 Å². The lowest BCUT2D eigenvalue weighted by molar-refractivity contribution is -0.121. The van der Waals surface area contributed by atoms with Gasteiger partial charge in [-0.05, 0) is 56.2 Å². The highest BCUT2D eigenvalue weighted by Crippen LogP contribution is 2.37. The number of rotatable bonds is 13. The Hall–Kier alpha value is -3.39. The Morgan fingerprint density at radius 2 is 1.89 bits per heavy atom. The lowest BCUT2D eigenvalue weighted by Gasteiger charge is -2.19. The van der Waals surface area contributed by atoms with Gasteiger partial charge in [-0.1, -0.05) is 12.1 Å². The van der Waals surface area contributed by atoms with Gasteiger partial charge in [-0.3, -0.25) is 10.1 Å². The Morgan fingerprint density at radius 3 is 2.63 bits per heavy atom. The minimum atomic E-state index is -2.03. The van der Waals surface area contributed by atoms with Crippen LogP contribution >= 0.6 is 0 Å². The van der Waals surface area contributed by atoms with E-state index in [-0.39, 0.29) is 30.0 Å². The van der Waals surface area contributed by atoms with Crippen molar-refractivity contribution < 1.29 is 14.3 Å². The largest absolute Gasteiger partial charge is 0.432 e. The van der Waals surface area contributed by atoms with Crippen molar-refractivity contribution in [3.05, 3.63) is 41.7 Å². The zero-order chi connectivity index (χ0) is 27.3. The third-order valence-corrected chi connectivity index (χ3v) is 7.85. The molecule has 2 unspecified atom stereocenters. The van der Waals surface area contributed by atoms with Gasteiger partial charge in [0.25, 0.3) is 0 Å². The number of nitrogen functional groups attached to an aromatic ring is 2. The quantitative estimate of drug-likeness (QED) is 0.121. The smallest absolute Gasteiger partial charge is 0.224 e. The molecule has 0 aliphatic carbocycles. The first-order valence-electron chi connectivity index (χ1n) is 12.8. The zero-order valence-electron chi connectivity index (χ0n) is 22.1. The number of carbonyl (C=O) groups excluding carboxylic acids is 1. The molecule has 204 valence electrons. The maximum absolute atomic E-state index is 12.0. The summed E-state index contributed by atoms with van der Waals surface area (Å²) in [5.41, 5.74) is 15.2. The van der Waals surface area contributed by atoms with Gasteiger partial charge in [0.05, 0.1) is 18.4 Å². The summed E-state index contributed by atoms with van der Waals surface area (Å²) in [6.07, 6.45) is 3.68. The first kappa shape index (κ1) is 27.6. The molecule has 1 saturated heterocycles. The summed E-state index contributed by atoms with van der Waals surface area (Å²) in [7, 11) is -0.0516. The van der Waals surface area contributed by atoms with Crippen molar-refractivity contribution in [3.63, 3.8) is 0 Å². The standard InChI is InChI=1S/C25H37N9O3Si/c1-34(15-17-14-30-23-20(31-17)22(26)32-25(27)33-23)18-9-7-16(8-10-18)21-24(37-21)29-11-4-6-19(35)28-12-5-13-38(2,3)36/h7-10,14,21,24,29,36H,4-6,11-13,15H2,1-3H3,(H,28,35)(H4,26,27,30,32,33). The Labute approximate surface area is 223 Å². The van der Waals surface area contributed by atoms with Crippen LogP contribution in [0.25, 0.3) is 11.2 Å². The molecule has 2 atom stereocenters. The average molecular weight is 540 g/mol. The van der Waals surface area contributed by atoms with Gasteiger partial charge in [-0.15, -0.1) is 0 Å². The number of aromatic nitrogens is 4.